The minimum absolute atomic E-state index is 0.0410. The molecule has 29 heavy (non-hydrogen) atoms. The predicted octanol–water partition coefficient (Wildman–Crippen LogP) is 3.25. The van der Waals surface area contributed by atoms with Gasteiger partial charge >= 0.3 is 0 Å². The molecule has 0 N–H and O–H groups in total. The standard InChI is InChI=1S/C24H32N2O3/c1-17-11-7-9-13-19(17)23(25(3)4,21-15-27-21)29-24(26(5)6,22-16-28-22)20-14-10-8-12-18(20)2/h7-14,21-22H,15-16H2,1-6H3. The lowest BCUT2D eigenvalue weighted by atomic mass is 9.89. The topological polar surface area (TPSA) is 40.8 Å². The van der Waals surface area contributed by atoms with Gasteiger partial charge in [-0.2, -0.15) is 0 Å². The molecule has 2 heterocycles. The van der Waals surface area contributed by atoms with Gasteiger partial charge < -0.3 is 14.2 Å². The smallest absolute Gasteiger partial charge is 0.179 e. The van der Waals surface area contributed by atoms with E-state index in [-0.39, 0.29) is 12.2 Å². The zero-order chi connectivity index (χ0) is 20.8. The highest BCUT2D eigenvalue weighted by molar-refractivity contribution is 5.37. The van der Waals surface area contributed by atoms with Crippen LogP contribution in [0.3, 0.4) is 0 Å². The van der Waals surface area contributed by atoms with Crippen molar-refractivity contribution in [3.05, 3.63) is 70.8 Å². The van der Waals surface area contributed by atoms with E-state index in [1.54, 1.807) is 0 Å². The molecule has 2 aromatic carbocycles. The summed E-state index contributed by atoms with van der Waals surface area (Å²) in [4.78, 5) is 4.32. The molecule has 0 amide bonds. The lowest BCUT2D eigenvalue weighted by Crippen LogP contribution is -2.60. The van der Waals surface area contributed by atoms with Crippen molar-refractivity contribution in [1.29, 1.82) is 0 Å². The SMILES string of the molecule is Cc1ccccc1C(OC(c1ccccc1C)(C1CO1)N(C)C)(C1CO1)N(C)C. The molecular formula is C24H32N2O3. The summed E-state index contributed by atoms with van der Waals surface area (Å²) in [7, 11) is 8.28. The molecule has 2 saturated heterocycles. The van der Waals surface area contributed by atoms with Crippen LogP contribution in [0.1, 0.15) is 22.3 Å². The van der Waals surface area contributed by atoms with Gasteiger partial charge in [0, 0.05) is 11.1 Å². The van der Waals surface area contributed by atoms with Gasteiger partial charge in [-0.3, -0.25) is 9.80 Å². The summed E-state index contributed by atoms with van der Waals surface area (Å²) in [6.07, 6.45) is -0.0820. The van der Waals surface area contributed by atoms with Crippen molar-refractivity contribution < 1.29 is 14.2 Å². The Kier molecular flexibility index (Phi) is 5.30. The van der Waals surface area contributed by atoms with Crippen molar-refractivity contribution in [2.24, 2.45) is 0 Å². The quantitative estimate of drug-likeness (QED) is 0.506. The Labute approximate surface area is 174 Å². The fraction of sp³-hybridized carbons (Fsp3) is 0.500. The highest BCUT2D eigenvalue weighted by Gasteiger charge is 2.62. The molecule has 0 aromatic heterocycles. The van der Waals surface area contributed by atoms with Gasteiger partial charge in [0.05, 0.1) is 13.2 Å². The minimum Gasteiger partial charge on any atom is -0.368 e. The molecule has 0 saturated carbocycles. The lowest BCUT2D eigenvalue weighted by Gasteiger charge is -2.50. The Morgan fingerprint density at radius 2 is 1.07 bits per heavy atom. The molecule has 0 spiro atoms. The van der Waals surface area contributed by atoms with E-state index in [1.165, 1.54) is 11.1 Å². The van der Waals surface area contributed by atoms with Crippen molar-refractivity contribution in [2.75, 3.05) is 41.4 Å². The Hall–Kier alpha value is -1.76. The van der Waals surface area contributed by atoms with Gasteiger partial charge in [-0.1, -0.05) is 48.5 Å². The summed E-state index contributed by atoms with van der Waals surface area (Å²) in [6.45, 7) is 5.63. The van der Waals surface area contributed by atoms with E-state index in [0.29, 0.717) is 13.2 Å². The molecule has 4 rings (SSSR count). The Bertz CT molecular complexity index is 796. The number of benzene rings is 2. The Morgan fingerprint density at radius 1 is 0.724 bits per heavy atom. The predicted molar refractivity (Wildman–Crippen MR) is 114 cm³/mol. The summed E-state index contributed by atoms with van der Waals surface area (Å²) in [6, 6.07) is 16.9. The maximum Gasteiger partial charge on any atom is 0.179 e. The third-order valence-electron chi connectivity index (χ3n) is 6.24. The fourth-order valence-electron chi connectivity index (χ4n) is 4.56. The first-order valence-corrected chi connectivity index (χ1v) is 10.2. The van der Waals surface area contributed by atoms with Crippen molar-refractivity contribution in [3.8, 4) is 0 Å². The lowest BCUT2D eigenvalue weighted by molar-refractivity contribution is -0.290. The maximum absolute atomic E-state index is 7.33. The second-order valence-corrected chi connectivity index (χ2v) is 8.56. The number of hydrogen-bond acceptors (Lipinski definition) is 5. The summed E-state index contributed by atoms with van der Waals surface area (Å²) in [5.41, 5.74) is 3.17. The van der Waals surface area contributed by atoms with Gasteiger partial charge in [0.15, 0.2) is 11.4 Å². The molecule has 2 aliphatic rings. The van der Waals surface area contributed by atoms with Crippen LogP contribution in [0.4, 0.5) is 0 Å². The van der Waals surface area contributed by atoms with E-state index in [9.17, 15) is 0 Å². The first-order chi connectivity index (χ1) is 13.8. The second kappa shape index (κ2) is 7.49. The summed E-state index contributed by atoms with van der Waals surface area (Å²) in [5.74, 6) is 0. The Morgan fingerprint density at radius 3 is 1.34 bits per heavy atom. The maximum atomic E-state index is 7.33. The van der Waals surface area contributed by atoms with Gasteiger partial charge in [0.1, 0.15) is 12.2 Å². The van der Waals surface area contributed by atoms with Gasteiger partial charge in [-0.05, 0) is 53.2 Å². The highest BCUT2D eigenvalue weighted by atomic mass is 16.7. The van der Waals surface area contributed by atoms with Crippen LogP contribution in [0.15, 0.2) is 48.5 Å². The molecule has 0 radical (unpaired) electrons. The molecule has 156 valence electrons. The molecule has 0 bridgehead atoms. The molecule has 5 nitrogen and oxygen atoms in total. The van der Waals surface area contributed by atoms with E-state index in [4.69, 9.17) is 14.2 Å². The summed E-state index contributed by atoms with van der Waals surface area (Å²) < 4.78 is 19.2. The molecule has 4 unspecified atom stereocenters. The number of epoxide rings is 2. The van der Waals surface area contributed by atoms with E-state index >= 15 is 0 Å². The van der Waals surface area contributed by atoms with Crippen LogP contribution in [0, 0.1) is 13.8 Å². The fourth-order valence-corrected chi connectivity index (χ4v) is 4.56. The molecule has 4 atom stereocenters. The third kappa shape index (κ3) is 3.31. The number of likely N-dealkylation sites (N-methyl/N-ethyl adjacent to an activating group) is 2. The molecular weight excluding hydrogens is 364 g/mol. The van der Waals surface area contributed by atoms with Crippen LogP contribution >= 0.6 is 0 Å². The van der Waals surface area contributed by atoms with Crippen molar-refractivity contribution >= 4 is 0 Å². The van der Waals surface area contributed by atoms with Gasteiger partial charge in [0.2, 0.25) is 0 Å². The number of aryl methyl sites for hydroxylation is 2. The van der Waals surface area contributed by atoms with Crippen molar-refractivity contribution in [2.45, 2.75) is 37.5 Å². The first kappa shape index (κ1) is 20.5. The molecule has 2 fully saturated rings. The zero-order valence-corrected chi connectivity index (χ0v) is 18.3. The molecule has 5 heteroatoms. The molecule has 2 aliphatic heterocycles. The molecule has 0 aliphatic carbocycles. The van der Waals surface area contributed by atoms with Gasteiger partial charge in [-0.25, -0.2) is 0 Å². The summed E-state index contributed by atoms with van der Waals surface area (Å²) in [5, 5.41) is 0. The average molecular weight is 397 g/mol. The number of ether oxygens (including phenoxy) is 3. The van der Waals surface area contributed by atoms with Crippen molar-refractivity contribution in [3.63, 3.8) is 0 Å². The van der Waals surface area contributed by atoms with Crippen LogP contribution in [0.25, 0.3) is 0 Å². The highest BCUT2D eigenvalue weighted by Crippen LogP contribution is 2.50. The second-order valence-electron chi connectivity index (χ2n) is 8.56. The van der Waals surface area contributed by atoms with E-state index in [1.807, 2.05) is 0 Å². The van der Waals surface area contributed by atoms with E-state index in [2.05, 4.69) is 100 Å². The largest absolute Gasteiger partial charge is 0.368 e. The minimum atomic E-state index is -0.732. The average Bonchev–Trinajstić information content (AvgIpc) is 3.56. The van der Waals surface area contributed by atoms with Crippen LogP contribution < -0.4 is 0 Å². The monoisotopic (exact) mass is 396 g/mol. The number of hydrogen-bond donors (Lipinski definition) is 0. The number of rotatable bonds is 8. The van der Waals surface area contributed by atoms with Crippen LogP contribution in [0.2, 0.25) is 0 Å². The van der Waals surface area contributed by atoms with Crippen molar-refractivity contribution in [1.82, 2.24) is 9.80 Å². The van der Waals surface area contributed by atoms with Gasteiger partial charge in [-0.15, -0.1) is 0 Å². The van der Waals surface area contributed by atoms with E-state index < -0.39 is 11.4 Å². The van der Waals surface area contributed by atoms with E-state index in [0.717, 1.165) is 11.1 Å². The van der Waals surface area contributed by atoms with Crippen LogP contribution in [-0.2, 0) is 25.7 Å². The normalized spacial score (nSPS) is 25.0. The number of nitrogens with zero attached hydrogens (tertiary/aromatic N) is 2. The molecule has 2 aromatic rings. The Balaban J connectivity index is 1.93. The third-order valence-corrected chi connectivity index (χ3v) is 6.24. The zero-order valence-electron chi connectivity index (χ0n) is 18.3. The van der Waals surface area contributed by atoms with Crippen LogP contribution in [-0.4, -0.2) is 63.4 Å². The summed E-state index contributed by atoms with van der Waals surface area (Å²) >= 11 is 0. The van der Waals surface area contributed by atoms with Crippen LogP contribution in [0.5, 0.6) is 0 Å². The first-order valence-electron chi connectivity index (χ1n) is 10.2. The van der Waals surface area contributed by atoms with Gasteiger partial charge in [0.25, 0.3) is 0 Å².